The number of likely N-dealkylation sites (tertiary alicyclic amines) is 1. The quantitative estimate of drug-likeness (QED) is 0.773. The predicted molar refractivity (Wildman–Crippen MR) is 115 cm³/mol. The third-order valence-electron chi connectivity index (χ3n) is 6.31. The van der Waals surface area contributed by atoms with Gasteiger partial charge in [-0.3, -0.25) is 9.59 Å². The molecule has 1 heterocycles. The van der Waals surface area contributed by atoms with Crippen LogP contribution in [0.5, 0.6) is 11.5 Å². The van der Waals surface area contributed by atoms with E-state index in [2.05, 4.69) is 5.32 Å². The SMILES string of the molecule is COc1ccc(NC(=O)C2CC23CCN(C(=O)c2ccccc2OC)CC3)cc1Cl. The Hall–Kier alpha value is -2.73. The molecule has 1 aliphatic carbocycles. The van der Waals surface area contributed by atoms with Crippen LogP contribution in [0, 0.1) is 11.3 Å². The molecule has 1 spiro atoms. The number of nitrogens with one attached hydrogen (secondary N) is 1. The van der Waals surface area contributed by atoms with E-state index in [1.807, 2.05) is 17.0 Å². The maximum atomic E-state index is 12.9. The fourth-order valence-electron chi connectivity index (χ4n) is 4.39. The number of carbonyl (C=O) groups is 2. The van der Waals surface area contributed by atoms with Crippen LogP contribution in [0.25, 0.3) is 0 Å². The summed E-state index contributed by atoms with van der Waals surface area (Å²) in [6, 6.07) is 12.5. The highest BCUT2D eigenvalue weighted by molar-refractivity contribution is 6.32. The van der Waals surface area contributed by atoms with Gasteiger partial charge in [-0.15, -0.1) is 0 Å². The largest absolute Gasteiger partial charge is 0.496 e. The summed E-state index contributed by atoms with van der Waals surface area (Å²) in [5.74, 6) is 1.13. The van der Waals surface area contributed by atoms with Crippen LogP contribution in [0.1, 0.15) is 29.6 Å². The Bertz CT molecular complexity index is 969. The Labute approximate surface area is 181 Å². The number of hydrogen-bond donors (Lipinski definition) is 1. The molecule has 2 fully saturated rings. The first-order valence-electron chi connectivity index (χ1n) is 10.0. The Morgan fingerprint density at radius 1 is 1.07 bits per heavy atom. The summed E-state index contributed by atoms with van der Waals surface area (Å²) >= 11 is 6.15. The highest BCUT2D eigenvalue weighted by Gasteiger charge is 2.58. The van der Waals surface area contributed by atoms with Crippen molar-refractivity contribution in [1.82, 2.24) is 4.90 Å². The van der Waals surface area contributed by atoms with E-state index >= 15 is 0 Å². The normalized spacial score (nSPS) is 19.3. The lowest BCUT2D eigenvalue weighted by atomic mass is 9.90. The number of carbonyl (C=O) groups excluding carboxylic acids is 2. The van der Waals surface area contributed by atoms with Crippen LogP contribution in [-0.2, 0) is 4.79 Å². The number of nitrogens with zero attached hydrogens (tertiary/aromatic N) is 1. The molecule has 0 aromatic heterocycles. The summed E-state index contributed by atoms with van der Waals surface area (Å²) < 4.78 is 10.5. The van der Waals surface area contributed by atoms with Crippen LogP contribution in [0.3, 0.4) is 0 Å². The number of hydrogen-bond acceptors (Lipinski definition) is 4. The monoisotopic (exact) mass is 428 g/mol. The summed E-state index contributed by atoms with van der Waals surface area (Å²) in [5.41, 5.74) is 1.24. The van der Waals surface area contributed by atoms with Gasteiger partial charge in [0.1, 0.15) is 11.5 Å². The first-order chi connectivity index (χ1) is 14.5. The average molecular weight is 429 g/mol. The van der Waals surface area contributed by atoms with Gasteiger partial charge in [-0.2, -0.15) is 0 Å². The number of halogens is 1. The van der Waals surface area contributed by atoms with Crippen molar-refractivity contribution < 1.29 is 19.1 Å². The van der Waals surface area contributed by atoms with Gasteiger partial charge in [0.2, 0.25) is 5.91 Å². The molecule has 1 saturated carbocycles. The van der Waals surface area contributed by atoms with E-state index in [4.69, 9.17) is 21.1 Å². The van der Waals surface area contributed by atoms with E-state index in [-0.39, 0.29) is 23.1 Å². The Morgan fingerprint density at radius 2 is 1.77 bits per heavy atom. The summed E-state index contributed by atoms with van der Waals surface area (Å²) in [5, 5.41) is 3.43. The van der Waals surface area contributed by atoms with Crippen molar-refractivity contribution in [3.63, 3.8) is 0 Å². The molecule has 1 unspecified atom stereocenters. The lowest BCUT2D eigenvalue weighted by molar-refractivity contribution is -0.118. The van der Waals surface area contributed by atoms with Gasteiger partial charge >= 0.3 is 0 Å². The number of anilines is 1. The van der Waals surface area contributed by atoms with Crippen LogP contribution in [0.2, 0.25) is 5.02 Å². The van der Waals surface area contributed by atoms with Crippen LogP contribution < -0.4 is 14.8 Å². The van der Waals surface area contributed by atoms with Crippen molar-refractivity contribution in [2.75, 3.05) is 32.6 Å². The first-order valence-corrected chi connectivity index (χ1v) is 10.4. The van der Waals surface area contributed by atoms with Crippen molar-refractivity contribution in [2.24, 2.45) is 11.3 Å². The van der Waals surface area contributed by atoms with Crippen LogP contribution in [-0.4, -0.2) is 44.0 Å². The minimum Gasteiger partial charge on any atom is -0.496 e. The van der Waals surface area contributed by atoms with Gasteiger partial charge in [0.15, 0.2) is 0 Å². The standard InChI is InChI=1S/C23H25ClN2O4/c1-29-19-6-4-3-5-16(19)22(28)26-11-9-23(10-12-26)14-17(23)21(27)25-15-7-8-20(30-2)18(24)13-15/h3-8,13,17H,9-12,14H2,1-2H3,(H,25,27). The molecule has 1 saturated heterocycles. The Balaban J connectivity index is 1.35. The molecule has 2 aromatic carbocycles. The molecular weight excluding hydrogens is 404 g/mol. The molecule has 158 valence electrons. The summed E-state index contributed by atoms with van der Waals surface area (Å²) in [7, 11) is 3.12. The van der Waals surface area contributed by atoms with Crippen molar-refractivity contribution in [3.05, 3.63) is 53.1 Å². The topological polar surface area (TPSA) is 67.9 Å². The van der Waals surface area contributed by atoms with Gasteiger partial charge in [-0.1, -0.05) is 23.7 Å². The second kappa shape index (κ2) is 8.19. The van der Waals surface area contributed by atoms with Gasteiger partial charge in [0, 0.05) is 24.7 Å². The molecule has 1 aliphatic heterocycles. The Morgan fingerprint density at radius 3 is 2.43 bits per heavy atom. The van der Waals surface area contributed by atoms with E-state index in [1.54, 1.807) is 44.6 Å². The molecule has 1 atom stereocenters. The summed E-state index contributed by atoms with van der Waals surface area (Å²) in [6.07, 6.45) is 2.52. The second-order valence-electron chi connectivity index (χ2n) is 7.95. The smallest absolute Gasteiger partial charge is 0.257 e. The van der Waals surface area contributed by atoms with Gasteiger partial charge in [-0.05, 0) is 55.0 Å². The maximum Gasteiger partial charge on any atom is 0.257 e. The van der Waals surface area contributed by atoms with Crippen molar-refractivity contribution in [1.29, 1.82) is 0 Å². The number of amides is 2. The number of ether oxygens (including phenoxy) is 2. The van der Waals surface area contributed by atoms with Crippen molar-refractivity contribution in [2.45, 2.75) is 19.3 Å². The number of para-hydroxylation sites is 1. The van der Waals surface area contributed by atoms with E-state index in [0.717, 1.165) is 19.3 Å². The van der Waals surface area contributed by atoms with Gasteiger partial charge < -0.3 is 19.7 Å². The highest BCUT2D eigenvalue weighted by atomic mass is 35.5. The minimum absolute atomic E-state index is 0.00208. The number of methoxy groups -OCH3 is 2. The number of rotatable bonds is 5. The maximum absolute atomic E-state index is 12.9. The van der Waals surface area contributed by atoms with Crippen LogP contribution in [0.15, 0.2) is 42.5 Å². The molecule has 0 radical (unpaired) electrons. The molecular formula is C23H25ClN2O4. The zero-order chi connectivity index (χ0) is 21.3. The highest BCUT2D eigenvalue weighted by Crippen LogP contribution is 2.59. The van der Waals surface area contributed by atoms with Crippen molar-refractivity contribution in [3.8, 4) is 11.5 Å². The van der Waals surface area contributed by atoms with E-state index in [0.29, 0.717) is 40.9 Å². The second-order valence-corrected chi connectivity index (χ2v) is 8.36. The molecule has 0 bridgehead atoms. The molecule has 30 heavy (non-hydrogen) atoms. The van der Waals surface area contributed by atoms with Gasteiger partial charge in [-0.25, -0.2) is 0 Å². The van der Waals surface area contributed by atoms with Gasteiger partial charge in [0.05, 0.1) is 24.8 Å². The first kappa shape index (κ1) is 20.5. The van der Waals surface area contributed by atoms with E-state index in [9.17, 15) is 9.59 Å². The molecule has 2 aromatic rings. The molecule has 2 aliphatic rings. The minimum atomic E-state index is -0.0260. The molecule has 4 rings (SSSR count). The molecule has 1 N–H and O–H groups in total. The summed E-state index contributed by atoms with van der Waals surface area (Å²) in [6.45, 7) is 1.30. The van der Waals surface area contributed by atoms with Crippen molar-refractivity contribution >= 4 is 29.1 Å². The summed E-state index contributed by atoms with van der Waals surface area (Å²) in [4.78, 5) is 27.5. The van der Waals surface area contributed by atoms with Crippen LogP contribution >= 0.6 is 11.6 Å². The lowest BCUT2D eigenvalue weighted by Crippen LogP contribution is -2.40. The zero-order valence-electron chi connectivity index (χ0n) is 17.1. The predicted octanol–water partition coefficient (Wildman–Crippen LogP) is 4.24. The molecule has 2 amide bonds. The fraction of sp³-hybridized carbons (Fsp3) is 0.391. The fourth-order valence-corrected chi connectivity index (χ4v) is 4.65. The number of piperidine rings is 1. The number of benzene rings is 2. The van der Waals surface area contributed by atoms with E-state index in [1.165, 1.54) is 0 Å². The third kappa shape index (κ3) is 3.84. The van der Waals surface area contributed by atoms with Gasteiger partial charge in [0.25, 0.3) is 5.91 Å². The van der Waals surface area contributed by atoms with Crippen LogP contribution in [0.4, 0.5) is 5.69 Å². The third-order valence-corrected chi connectivity index (χ3v) is 6.60. The van der Waals surface area contributed by atoms with E-state index < -0.39 is 0 Å². The molecule has 6 nitrogen and oxygen atoms in total. The molecule has 7 heteroatoms. The Kier molecular flexibility index (Phi) is 5.60. The average Bonchev–Trinajstić information content (AvgIpc) is 3.47. The lowest BCUT2D eigenvalue weighted by Gasteiger charge is -2.33. The zero-order valence-corrected chi connectivity index (χ0v) is 17.9.